The van der Waals surface area contributed by atoms with Gasteiger partial charge in [0.25, 0.3) is 0 Å². The fraction of sp³-hybridized carbons (Fsp3) is 0.500. The molecule has 90 valence electrons. The Hall–Kier alpha value is -1.03. The Balaban J connectivity index is 2.40. The summed E-state index contributed by atoms with van der Waals surface area (Å²) in [7, 11) is 0. The third kappa shape index (κ3) is 2.06. The van der Waals surface area contributed by atoms with Crippen molar-refractivity contribution in [2.24, 2.45) is 9.98 Å². The lowest BCUT2D eigenvalue weighted by Crippen LogP contribution is -2.44. The Morgan fingerprint density at radius 3 is 3.06 bits per heavy atom. The van der Waals surface area contributed by atoms with Crippen molar-refractivity contribution in [3.8, 4) is 6.07 Å². The molecule has 0 bridgehead atoms. The van der Waals surface area contributed by atoms with Crippen LogP contribution >= 0.6 is 23.4 Å². The van der Waals surface area contributed by atoms with Crippen LogP contribution < -0.4 is 0 Å². The fourth-order valence-corrected chi connectivity index (χ4v) is 2.56. The van der Waals surface area contributed by atoms with Crippen LogP contribution in [0.3, 0.4) is 0 Å². The van der Waals surface area contributed by atoms with Gasteiger partial charge in [0.1, 0.15) is 11.6 Å². The molecule has 0 spiro atoms. The molecule has 0 saturated heterocycles. The summed E-state index contributed by atoms with van der Waals surface area (Å²) in [6.07, 6.45) is 1.72. The first-order valence-corrected chi connectivity index (χ1v) is 6.71. The highest BCUT2D eigenvalue weighted by Crippen LogP contribution is 2.29. The summed E-state index contributed by atoms with van der Waals surface area (Å²) < 4.78 is 5.57. The summed E-state index contributed by atoms with van der Waals surface area (Å²) in [4.78, 5) is 10.3. The molecule has 5 nitrogen and oxygen atoms in total. The molecule has 0 aromatic heterocycles. The lowest BCUT2D eigenvalue weighted by atomic mass is 10.2. The van der Waals surface area contributed by atoms with Crippen LogP contribution in [0.25, 0.3) is 0 Å². The lowest BCUT2D eigenvalue weighted by molar-refractivity contribution is 0.0244. The van der Waals surface area contributed by atoms with E-state index in [0.717, 1.165) is 0 Å². The van der Waals surface area contributed by atoms with E-state index in [1.165, 1.54) is 11.8 Å². The normalized spacial score (nSPS) is 23.2. The second-order valence-corrected chi connectivity index (χ2v) is 4.45. The van der Waals surface area contributed by atoms with Gasteiger partial charge in [-0.1, -0.05) is 23.4 Å². The number of nitriles is 1. The topological polar surface area (TPSA) is 61.0 Å². The van der Waals surface area contributed by atoms with Crippen LogP contribution in [-0.2, 0) is 4.74 Å². The zero-order valence-corrected chi connectivity index (χ0v) is 11.0. The maximum Gasteiger partial charge on any atom is 0.173 e. The van der Waals surface area contributed by atoms with Gasteiger partial charge in [0, 0.05) is 6.61 Å². The highest BCUT2D eigenvalue weighted by molar-refractivity contribution is 8.13. The number of rotatable bonds is 2. The van der Waals surface area contributed by atoms with Crippen molar-refractivity contribution < 1.29 is 4.74 Å². The second-order valence-electron chi connectivity index (χ2n) is 3.32. The molecule has 2 rings (SSSR count). The Morgan fingerprint density at radius 1 is 1.71 bits per heavy atom. The molecule has 0 aliphatic carbocycles. The van der Waals surface area contributed by atoms with E-state index in [1.54, 1.807) is 0 Å². The van der Waals surface area contributed by atoms with E-state index in [1.807, 2.05) is 24.1 Å². The van der Waals surface area contributed by atoms with E-state index in [0.29, 0.717) is 29.7 Å². The Bertz CT molecular complexity index is 465. The zero-order valence-electron chi connectivity index (χ0n) is 9.47. The van der Waals surface area contributed by atoms with Crippen molar-refractivity contribution in [1.82, 2.24) is 4.90 Å². The van der Waals surface area contributed by atoms with Gasteiger partial charge in [-0.05, 0) is 13.2 Å². The highest BCUT2D eigenvalue weighted by atomic mass is 35.5. The maximum atomic E-state index is 9.07. The molecular formula is C10H11ClN4OS. The summed E-state index contributed by atoms with van der Waals surface area (Å²) >= 11 is 7.41. The van der Waals surface area contributed by atoms with Crippen molar-refractivity contribution in [2.45, 2.75) is 13.2 Å². The van der Waals surface area contributed by atoms with Crippen LogP contribution in [-0.4, -0.2) is 41.5 Å². The van der Waals surface area contributed by atoms with Crippen LogP contribution in [0.15, 0.2) is 20.7 Å². The third-order valence-corrected chi connectivity index (χ3v) is 3.32. The Morgan fingerprint density at radius 2 is 2.47 bits per heavy atom. The predicted octanol–water partition coefficient (Wildman–Crippen LogP) is 1.77. The second kappa shape index (κ2) is 5.08. The van der Waals surface area contributed by atoms with Gasteiger partial charge in [-0.25, -0.2) is 4.99 Å². The lowest BCUT2D eigenvalue weighted by Gasteiger charge is -2.29. The fourth-order valence-electron chi connectivity index (χ4n) is 1.72. The predicted molar refractivity (Wildman–Crippen MR) is 69.0 cm³/mol. The number of thioether (sulfide) groups is 1. The van der Waals surface area contributed by atoms with Crippen LogP contribution in [0.5, 0.6) is 0 Å². The average Bonchev–Trinajstić information content (AvgIpc) is 2.73. The number of halogens is 1. The van der Waals surface area contributed by atoms with Crippen LogP contribution in [0.1, 0.15) is 6.92 Å². The van der Waals surface area contributed by atoms with Crippen molar-refractivity contribution in [3.05, 3.63) is 10.7 Å². The van der Waals surface area contributed by atoms with Gasteiger partial charge < -0.3 is 4.74 Å². The van der Waals surface area contributed by atoms with Crippen LogP contribution in [0.2, 0.25) is 0 Å². The summed E-state index contributed by atoms with van der Waals surface area (Å²) in [6.45, 7) is 3.01. The molecule has 2 heterocycles. The molecule has 0 radical (unpaired) electrons. The molecule has 1 unspecified atom stereocenters. The van der Waals surface area contributed by atoms with Gasteiger partial charge in [-0.15, -0.1) is 0 Å². The molecule has 7 heteroatoms. The number of nitrogens with zero attached hydrogens (tertiary/aromatic N) is 4. The number of fused-ring (bicyclic) bond motifs is 1. The number of amidine groups is 2. The van der Waals surface area contributed by atoms with Gasteiger partial charge >= 0.3 is 0 Å². The minimum Gasteiger partial charge on any atom is -0.356 e. The van der Waals surface area contributed by atoms with E-state index in [2.05, 4.69) is 9.98 Å². The summed E-state index contributed by atoms with van der Waals surface area (Å²) in [5.41, 5.74) is 0.312. The molecule has 0 saturated carbocycles. The molecule has 0 aromatic rings. The molecule has 1 atom stereocenters. The van der Waals surface area contributed by atoms with E-state index < -0.39 is 0 Å². The number of aliphatic imine (C=N–C) groups is 2. The third-order valence-electron chi connectivity index (χ3n) is 2.40. The van der Waals surface area contributed by atoms with Crippen LogP contribution in [0, 0.1) is 11.3 Å². The minimum absolute atomic E-state index is 0.186. The number of hydrogen-bond donors (Lipinski definition) is 0. The first kappa shape index (κ1) is 12.4. The quantitative estimate of drug-likeness (QED) is 0.718. The molecular weight excluding hydrogens is 260 g/mol. The summed E-state index contributed by atoms with van der Waals surface area (Å²) in [5, 5.41) is 9.98. The first-order chi connectivity index (χ1) is 8.22. The zero-order chi connectivity index (χ0) is 12.4. The Labute approximate surface area is 109 Å². The first-order valence-electron chi connectivity index (χ1n) is 5.11. The van der Waals surface area contributed by atoms with E-state index in [4.69, 9.17) is 21.6 Å². The number of ether oxygens (including phenoxy) is 1. The molecule has 2 aliphatic heterocycles. The Kier molecular flexibility index (Phi) is 3.72. The van der Waals surface area contributed by atoms with Crippen molar-refractivity contribution in [3.63, 3.8) is 0 Å². The van der Waals surface area contributed by atoms with Gasteiger partial charge in [-0.2, -0.15) is 5.26 Å². The SMILES string of the molecule is CCOC1CN=C2C(C#N)=C(Cl)N=C(SC)N21. The maximum absolute atomic E-state index is 9.07. The summed E-state index contributed by atoms with van der Waals surface area (Å²) in [5.74, 6) is 0.565. The van der Waals surface area contributed by atoms with Gasteiger partial charge in [-0.3, -0.25) is 9.89 Å². The molecule has 17 heavy (non-hydrogen) atoms. The van der Waals surface area contributed by atoms with Gasteiger partial charge in [0.2, 0.25) is 0 Å². The van der Waals surface area contributed by atoms with Gasteiger partial charge in [0.05, 0.1) is 6.54 Å². The van der Waals surface area contributed by atoms with Gasteiger partial charge in [0.15, 0.2) is 22.4 Å². The summed E-state index contributed by atoms with van der Waals surface area (Å²) in [6, 6.07) is 2.04. The smallest absolute Gasteiger partial charge is 0.173 e. The molecule has 0 aromatic carbocycles. The number of hydrogen-bond acceptors (Lipinski definition) is 6. The average molecular weight is 271 g/mol. The minimum atomic E-state index is -0.186. The van der Waals surface area contributed by atoms with Crippen LogP contribution in [0.4, 0.5) is 0 Å². The van der Waals surface area contributed by atoms with E-state index >= 15 is 0 Å². The van der Waals surface area contributed by atoms with Crippen molar-refractivity contribution in [1.29, 1.82) is 5.26 Å². The highest BCUT2D eigenvalue weighted by Gasteiger charge is 2.37. The standard InChI is InChI=1S/C10H11ClN4OS/c1-3-16-7-5-13-9-6(4-12)8(11)14-10(17-2)15(7)9/h7H,3,5H2,1-2H3. The van der Waals surface area contributed by atoms with E-state index in [9.17, 15) is 0 Å². The largest absolute Gasteiger partial charge is 0.356 e. The molecule has 0 N–H and O–H groups in total. The van der Waals surface area contributed by atoms with Crippen molar-refractivity contribution >= 4 is 34.4 Å². The van der Waals surface area contributed by atoms with E-state index in [-0.39, 0.29) is 11.4 Å². The molecule has 0 fully saturated rings. The van der Waals surface area contributed by atoms with Crippen molar-refractivity contribution in [2.75, 3.05) is 19.4 Å². The monoisotopic (exact) mass is 270 g/mol. The molecule has 2 aliphatic rings. The molecule has 0 amide bonds.